The first kappa shape index (κ1) is 24.3. The van der Waals surface area contributed by atoms with Gasteiger partial charge in [0.1, 0.15) is 5.75 Å². The van der Waals surface area contributed by atoms with E-state index in [-0.39, 0.29) is 12.4 Å². The van der Waals surface area contributed by atoms with Crippen LogP contribution in [0.1, 0.15) is 46.8 Å². The molecule has 9 heteroatoms. The molecule has 1 heterocycles. The van der Waals surface area contributed by atoms with Gasteiger partial charge in [0.2, 0.25) is 0 Å². The third-order valence-electron chi connectivity index (χ3n) is 4.11. The van der Waals surface area contributed by atoms with E-state index in [2.05, 4.69) is 16.4 Å². The lowest BCUT2D eigenvalue weighted by atomic mass is 9.98. The second kappa shape index (κ2) is 10.9. The molecule has 0 spiro atoms. The molecule has 0 aliphatic carbocycles. The molecule has 0 radical (unpaired) electrons. The SMILES string of the molecule is CC(=O)c1cccc(OCCC#Cc2ccc(CCC(C)(N)COP(=O)(O)O)s2)c1. The van der Waals surface area contributed by atoms with E-state index >= 15 is 0 Å². The van der Waals surface area contributed by atoms with Crippen molar-refractivity contribution in [3.8, 4) is 17.6 Å². The summed E-state index contributed by atoms with van der Waals surface area (Å²) in [5.74, 6) is 6.81. The van der Waals surface area contributed by atoms with Gasteiger partial charge in [0.05, 0.1) is 18.1 Å². The number of thiophene rings is 1. The molecule has 2 aromatic rings. The van der Waals surface area contributed by atoms with Crippen molar-refractivity contribution in [2.24, 2.45) is 5.73 Å². The summed E-state index contributed by atoms with van der Waals surface area (Å²) in [6.07, 6.45) is 1.74. The van der Waals surface area contributed by atoms with Crippen LogP contribution in [0.2, 0.25) is 0 Å². The van der Waals surface area contributed by atoms with Crippen LogP contribution in [-0.2, 0) is 15.5 Å². The smallest absolute Gasteiger partial charge is 0.469 e. The van der Waals surface area contributed by atoms with Crippen molar-refractivity contribution >= 4 is 24.9 Å². The molecule has 7 nitrogen and oxygen atoms in total. The predicted octanol–water partition coefficient (Wildman–Crippen LogP) is 3.53. The lowest BCUT2D eigenvalue weighted by Crippen LogP contribution is -2.41. The summed E-state index contributed by atoms with van der Waals surface area (Å²) in [6, 6.07) is 11.0. The van der Waals surface area contributed by atoms with E-state index in [1.165, 1.54) is 6.92 Å². The number of rotatable bonds is 10. The molecular formula is C21H26NO6PS. The van der Waals surface area contributed by atoms with Crippen LogP contribution in [0, 0.1) is 11.8 Å². The lowest BCUT2D eigenvalue weighted by molar-refractivity contribution is 0.101. The van der Waals surface area contributed by atoms with Crippen LogP contribution in [-0.4, -0.2) is 34.3 Å². The highest BCUT2D eigenvalue weighted by molar-refractivity contribution is 7.46. The van der Waals surface area contributed by atoms with Crippen molar-refractivity contribution in [3.05, 3.63) is 51.7 Å². The van der Waals surface area contributed by atoms with Gasteiger partial charge in [-0.3, -0.25) is 9.32 Å². The highest BCUT2D eigenvalue weighted by Gasteiger charge is 2.24. The molecule has 1 unspecified atom stereocenters. The molecule has 0 amide bonds. The summed E-state index contributed by atoms with van der Waals surface area (Å²) in [5.41, 5.74) is 5.82. The van der Waals surface area contributed by atoms with Gasteiger partial charge >= 0.3 is 7.82 Å². The van der Waals surface area contributed by atoms with Crippen molar-refractivity contribution < 1.29 is 28.4 Å². The first-order chi connectivity index (χ1) is 14.0. The standard InChI is InChI=1S/C21H26NO6PS/c1-16(23)17-6-5-7-18(14-17)27-13-4-3-8-19-9-10-20(30-19)11-12-21(2,22)15-28-29(24,25)26/h5-7,9-10,14H,4,11-13,15,22H2,1-2H3,(H2,24,25,26). The molecule has 0 bridgehead atoms. The van der Waals surface area contributed by atoms with Gasteiger partial charge in [0, 0.05) is 22.4 Å². The van der Waals surface area contributed by atoms with E-state index < -0.39 is 13.4 Å². The number of Topliss-reactive ketones (excluding diaryl/α,β-unsaturated/α-hetero) is 1. The van der Waals surface area contributed by atoms with Crippen LogP contribution in [0.3, 0.4) is 0 Å². The maximum absolute atomic E-state index is 11.4. The Bertz CT molecular complexity index is 969. The van der Waals surface area contributed by atoms with Gasteiger partial charge in [0.15, 0.2) is 5.78 Å². The number of aryl methyl sites for hydroxylation is 1. The number of hydrogen-bond donors (Lipinski definition) is 3. The third kappa shape index (κ3) is 9.23. The van der Waals surface area contributed by atoms with Crippen molar-refractivity contribution in [3.63, 3.8) is 0 Å². The monoisotopic (exact) mass is 451 g/mol. The van der Waals surface area contributed by atoms with Crippen LogP contribution in [0.25, 0.3) is 0 Å². The number of carbonyl (C=O) groups is 1. The van der Waals surface area contributed by atoms with E-state index in [1.807, 2.05) is 18.2 Å². The van der Waals surface area contributed by atoms with Crippen molar-refractivity contribution in [2.45, 2.75) is 38.6 Å². The minimum absolute atomic E-state index is 0.00184. The fraction of sp³-hybridized carbons (Fsp3) is 0.381. The van der Waals surface area contributed by atoms with Gasteiger partial charge in [-0.1, -0.05) is 24.0 Å². The maximum atomic E-state index is 11.4. The Kier molecular flexibility index (Phi) is 8.80. The van der Waals surface area contributed by atoms with Gasteiger partial charge in [-0.15, -0.1) is 11.3 Å². The van der Waals surface area contributed by atoms with Gasteiger partial charge < -0.3 is 20.3 Å². The highest BCUT2D eigenvalue weighted by Crippen LogP contribution is 2.37. The van der Waals surface area contributed by atoms with Gasteiger partial charge in [-0.25, -0.2) is 4.57 Å². The topological polar surface area (TPSA) is 119 Å². The predicted molar refractivity (Wildman–Crippen MR) is 117 cm³/mol. The molecule has 0 aliphatic heterocycles. The number of carbonyl (C=O) groups excluding carboxylic acids is 1. The average Bonchev–Trinajstić information content (AvgIpc) is 3.12. The summed E-state index contributed by atoms with van der Waals surface area (Å²) in [7, 11) is -4.52. The summed E-state index contributed by atoms with van der Waals surface area (Å²) < 4.78 is 20.9. The molecular weight excluding hydrogens is 425 g/mol. The van der Waals surface area contributed by atoms with E-state index in [4.69, 9.17) is 20.3 Å². The Hall–Kier alpha value is -1.98. The second-order valence-corrected chi connectivity index (χ2v) is 9.58. The lowest BCUT2D eigenvalue weighted by Gasteiger charge is -2.24. The Morgan fingerprint density at radius 2 is 2.07 bits per heavy atom. The quantitative estimate of drug-likeness (QED) is 0.219. The normalized spacial score (nSPS) is 13.2. The molecule has 2 rings (SSSR count). The van der Waals surface area contributed by atoms with Gasteiger partial charge in [-0.05, 0) is 51.0 Å². The number of benzene rings is 1. The summed E-state index contributed by atoms with van der Waals surface area (Å²) in [4.78, 5) is 31.0. The number of ketones is 1. The third-order valence-corrected chi connectivity index (χ3v) is 5.64. The Balaban J connectivity index is 1.77. The van der Waals surface area contributed by atoms with Crippen molar-refractivity contribution in [1.29, 1.82) is 0 Å². The molecule has 0 saturated carbocycles. The number of phosphoric acid groups is 1. The first-order valence-corrected chi connectivity index (χ1v) is 11.7. The van der Waals surface area contributed by atoms with E-state index in [0.717, 1.165) is 9.75 Å². The first-order valence-electron chi connectivity index (χ1n) is 9.34. The number of phosphoric ester groups is 1. The van der Waals surface area contributed by atoms with Crippen LogP contribution >= 0.6 is 19.2 Å². The zero-order valence-corrected chi connectivity index (χ0v) is 18.7. The van der Waals surface area contributed by atoms with Gasteiger partial charge in [-0.2, -0.15) is 0 Å². The Morgan fingerprint density at radius 1 is 1.30 bits per heavy atom. The van der Waals surface area contributed by atoms with Crippen LogP contribution in [0.5, 0.6) is 5.75 Å². The highest BCUT2D eigenvalue weighted by atomic mass is 32.1. The molecule has 1 aromatic heterocycles. The largest absolute Gasteiger partial charge is 0.493 e. The molecule has 1 aromatic carbocycles. The van der Waals surface area contributed by atoms with Crippen molar-refractivity contribution in [1.82, 2.24) is 0 Å². The van der Waals surface area contributed by atoms with E-state index in [1.54, 1.807) is 36.5 Å². The maximum Gasteiger partial charge on any atom is 0.469 e. The second-order valence-electron chi connectivity index (χ2n) is 7.17. The summed E-state index contributed by atoms with van der Waals surface area (Å²) in [6.45, 7) is 3.43. The molecule has 0 saturated heterocycles. The Labute approximate surface area is 180 Å². The molecule has 0 aliphatic rings. The Morgan fingerprint density at radius 3 is 2.77 bits per heavy atom. The number of nitrogens with two attached hydrogens (primary N) is 1. The summed E-state index contributed by atoms with van der Waals surface area (Å²) >= 11 is 1.55. The van der Waals surface area contributed by atoms with Crippen LogP contribution < -0.4 is 10.5 Å². The average molecular weight is 451 g/mol. The molecule has 1 atom stereocenters. The number of hydrogen-bond acceptors (Lipinski definition) is 6. The molecule has 30 heavy (non-hydrogen) atoms. The van der Waals surface area contributed by atoms with Crippen LogP contribution in [0.15, 0.2) is 36.4 Å². The van der Waals surface area contributed by atoms with E-state index in [9.17, 15) is 9.36 Å². The van der Waals surface area contributed by atoms with Crippen LogP contribution in [0.4, 0.5) is 0 Å². The minimum atomic E-state index is -4.52. The fourth-order valence-electron chi connectivity index (χ4n) is 2.47. The van der Waals surface area contributed by atoms with Gasteiger partial charge in [0.25, 0.3) is 0 Å². The number of ether oxygens (including phenoxy) is 1. The molecule has 162 valence electrons. The summed E-state index contributed by atoms with van der Waals surface area (Å²) in [5, 5.41) is 0. The van der Waals surface area contributed by atoms with E-state index in [0.29, 0.717) is 37.2 Å². The fourth-order valence-corrected chi connectivity index (χ4v) is 3.81. The molecule has 0 fully saturated rings. The van der Waals surface area contributed by atoms with Crippen molar-refractivity contribution in [2.75, 3.05) is 13.2 Å². The minimum Gasteiger partial charge on any atom is -0.493 e. The molecule has 4 N–H and O–H groups in total. The zero-order chi connectivity index (χ0) is 22.2. The zero-order valence-electron chi connectivity index (χ0n) is 17.0.